The number of carbonyl (C=O) groups is 1. The molecular formula is C11H20N4O. The highest BCUT2D eigenvalue weighted by molar-refractivity contribution is 5.93. The average Bonchev–Trinajstić information content (AvgIpc) is 2.60. The Labute approximate surface area is 96.0 Å². The molecule has 5 nitrogen and oxygen atoms in total. The van der Waals surface area contributed by atoms with Gasteiger partial charge in [0.1, 0.15) is 0 Å². The van der Waals surface area contributed by atoms with Gasteiger partial charge in [0.05, 0.1) is 11.8 Å². The van der Waals surface area contributed by atoms with Crippen LogP contribution in [0.25, 0.3) is 0 Å². The van der Waals surface area contributed by atoms with E-state index in [2.05, 4.69) is 24.3 Å². The minimum absolute atomic E-state index is 0.0145. The number of carbonyl (C=O) groups excluding carboxylic acids is 1. The fraction of sp³-hybridized carbons (Fsp3) is 0.636. The summed E-state index contributed by atoms with van der Waals surface area (Å²) in [4.78, 5) is 11.6. The Bertz CT molecular complexity index is 346. The summed E-state index contributed by atoms with van der Waals surface area (Å²) in [6.45, 7) is 4.73. The number of nitrogens with zero attached hydrogens (tertiary/aromatic N) is 2. The van der Waals surface area contributed by atoms with Gasteiger partial charge in [0.15, 0.2) is 0 Å². The molecule has 5 heteroatoms. The normalized spacial score (nSPS) is 12.8. The van der Waals surface area contributed by atoms with E-state index in [0.29, 0.717) is 18.0 Å². The summed E-state index contributed by atoms with van der Waals surface area (Å²) in [5.74, 6) is 0.428. The summed E-state index contributed by atoms with van der Waals surface area (Å²) in [6, 6.07) is 0.0145. The average molecular weight is 224 g/mol. The van der Waals surface area contributed by atoms with Gasteiger partial charge in [-0.05, 0) is 12.3 Å². The molecule has 1 rings (SSSR count). The lowest BCUT2D eigenvalue weighted by atomic mass is 10.0. The molecule has 1 heterocycles. The van der Waals surface area contributed by atoms with Crippen LogP contribution in [0, 0.1) is 5.92 Å². The van der Waals surface area contributed by atoms with Gasteiger partial charge in [0.25, 0.3) is 5.91 Å². The summed E-state index contributed by atoms with van der Waals surface area (Å²) in [5.41, 5.74) is 6.44. The molecule has 0 saturated heterocycles. The Kier molecular flexibility index (Phi) is 4.49. The molecular weight excluding hydrogens is 204 g/mol. The molecule has 0 radical (unpaired) electrons. The van der Waals surface area contributed by atoms with Crippen molar-refractivity contribution in [2.45, 2.75) is 26.3 Å². The summed E-state index contributed by atoms with van der Waals surface area (Å²) in [7, 11) is 1.78. The molecule has 16 heavy (non-hydrogen) atoms. The van der Waals surface area contributed by atoms with Crippen LogP contribution in [0.5, 0.6) is 0 Å². The molecule has 0 fully saturated rings. The lowest BCUT2D eigenvalue weighted by Crippen LogP contribution is -2.37. The third kappa shape index (κ3) is 4.02. The first-order chi connectivity index (χ1) is 7.49. The summed E-state index contributed by atoms with van der Waals surface area (Å²) in [6.07, 6.45) is 4.14. The maximum Gasteiger partial charge on any atom is 0.254 e. The molecule has 0 aromatic carbocycles. The first-order valence-electron chi connectivity index (χ1n) is 5.51. The summed E-state index contributed by atoms with van der Waals surface area (Å²) < 4.78 is 1.60. The summed E-state index contributed by atoms with van der Waals surface area (Å²) >= 11 is 0. The van der Waals surface area contributed by atoms with Crippen LogP contribution in [-0.4, -0.2) is 28.3 Å². The maximum atomic E-state index is 11.6. The highest BCUT2D eigenvalue weighted by Gasteiger charge is 2.10. The zero-order valence-electron chi connectivity index (χ0n) is 10.1. The zero-order chi connectivity index (χ0) is 12.1. The molecule has 0 saturated carbocycles. The molecule has 3 N–H and O–H groups in total. The van der Waals surface area contributed by atoms with Gasteiger partial charge in [-0.3, -0.25) is 9.48 Å². The van der Waals surface area contributed by atoms with E-state index >= 15 is 0 Å². The van der Waals surface area contributed by atoms with Crippen molar-refractivity contribution in [1.82, 2.24) is 15.1 Å². The second-order valence-corrected chi connectivity index (χ2v) is 4.50. The first kappa shape index (κ1) is 12.7. The van der Waals surface area contributed by atoms with E-state index in [1.165, 1.54) is 0 Å². The quantitative estimate of drug-likeness (QED) is 0.766. The van der Waals surface area contributed by atoms with Gasteiger partial charge in [-0.15, -0.1) is 0 Å². The molecule has 0 bridgehead atoms. The lowest BCUT2D eigenvalue weighted by Gasteiger charge is -2.14. The predicted molar refractivity (Wildman–Crippen MR) is 63.0 cm³/mol. The first-order valence-corrected chi connectivity index (χ1v) is 5.51. The van der Waals surface area contributed by atoms with E-state index in [-0.39, 0.29) is 11.9 Å². The third-order valence-corrected chi connectivity index (χ3v) is 2.27. The van der Waals surface area contributed by atoms with Gasteiger partial charge in [0, 0.05) is 25.8 Å². The minimum Gasteiger partial charge on any atom is -0.350 e. The molecule has 0 spiro atoms. The largest absolute Gasteiger partial charge is 0.350 e. The monoisotopic (exact) mass is 224 g/mol. The van der Waals surface area contributed by atoms with Gasteiger partial charge < -0.3 is 11.1 Å². The number of nitrogens with one attached hydrogen (secondary N) is 1. The number of rotatable bonds is 5. The van der Waals surface area contributed by atoms with Crippen molar-refractivity contribution in [3.05, 3.63) is 18.0 Å². The highest BCUT2D eigenvalue weighted by atomic mass is 16.1. The van der Waals surface area contributed by atoms with E-state index in [1.807, 2.05) is 0 Å². The second kappa shape index (κ2) is 5.65. The van der Waals surface area contributed by atoms with Crippen LogP contribution in [-0.2, 0) is 7.05 Å². The SMILES string of the molecule is CC(C)CC(N)CNC(=O)c1cnn(C)c1. The number of aryl methyl sites for hydroxylation is 1. The second-order valence-electron chi connectivity index (χ2n) is 4.50. The minimum atomic E-state index is -0.118. The molecule has 0 aliphatic carbocycles. The topological polar surface area (TPSA) is 72.9 Å². The molecule has 1 aromatic rings. The van der Waals surface area contributed by atoms with Gasteiger partial charge in [-0.2, -0.15) is 5.10 Å². The van der Waals surface area contributed by atoms with Crippen molar-refractivity contribution in [2.75, 3.05) is 6.54 Å². The van der Waals surface area contributed by atoms with Crippen molar-refractivity contribution in [3.8, 4) is 0 Å². The number of nitrogens with two attached hydrogens (primary N) is 1. The number of amides is 1. The standard InChI is InChI=1S/C11H20N4O/c1-8(2)4-10(12)6-13-11(16)9-5-14-15(3)7-9/h5,7-8,10H,4,6,12H2,1-3H3,(H,13,16). The van der Waals surface area contributed by atoms with Crippen LogP contribution >= 0.6 is 0 Å². The van der Waals surface area contributed by atoms with Crippen LogP contribution < -0.4 is 11.1 Å². The van der Waals surface area contributed by atoms with Gasteiger partial charge in [-0.1, -0.05) is 13.8 Å². The molecule has 1 aromatic heterocycles. The van der Waals surface area contributed by atoms with Crippen LogP contribution in [0.2, 0.25) is 0 Å². The Hall–Kier alpha value is -1.36. The van der Waals surface area contributed by atoms with Crippen LogP contribution in [0.1, 0.15) is 30.6 Å². The zero-order valence-corrected chi connectivity index (χ0v) is 10.1. The Morgan fingerprint density at radius 3 is 2.81 bits per heavy atom. The maximum absolute atomic E-state index is 11.6. The third-order valence-electron chi connectivity index (χ3n) is 2.27. The molecule has 90 valence electrons. The van der Waals surface area contributed by atoms with Crippen LogP contribution in [0.4, 0.5) is 0 Å². The number of hydrogen-bond donors (Lipinski definition) is 2. The molecule has 1 unspecified atom stereocenters. The van der Waals surface area contributed by atoms with E-state index in [4.69, 9.17) is 5.73 Å². The van der Waals surface area contributed by atoms with Gasteiger partial charge in [-0.25, -0.2) is 0 Å². The van der Waals surface area contributed by atoms with E-state index < -0.39 is 0 Å². The van der Waals surface area contributed by atoms with Gasteiger partial charge >= 0.3 is 0 Å². The van der Waals surface area contributed by atoms with Crippen LogP contribution in [0.3, 0.4) is 0 Å². The van der Waals surface area contributed by atoms with Crippen molar-refractivity contribution >= 4 is 5.91 Å². The smallest absolute Gasteiger partial charge is 0.254 e. The van der Waals surface area contributed by atoms with E-state index in [1.54, 1.807) is 24.1 Å². The van der Waals surface area contributed by atoms with Crippen molar-refractivity contribution < 1.29 is 4.79 Å². The van der Waals surface area contributed by atoms with Crippen molar-refractivity contribution in [1.29, 1.82) is 0 Å². The number of hydrogen-bond acceptors (Lipinski definition) is 3. The molecule has 1 atom stereocenters. The Morgan fingerprint density at radius 2 is 2.31 bits per heavy atom. The Balaban J connectivity index is 2.35. The number of aromatic nitrogens is 2. The van der Waals surface area contributed by atoms with E-state index in [0.717, 1.165) is 6.42 Å². The lowest BCUT2D eigenvalue weighted by molar-refractivity contribution is 0.0950. The summed E-state index contributed by atoms with van der Waals surface area (Å²) in [5, 5.41) is 6.74. The van der Waals surface area contributed by atoms with Crippen LogP contribution in [0.15, 0.2) is 12.4 Å². The Morgan fingerprint density at radius 1 is 1.62 bits per heavy atom. The highest BCUT2D eigenvalue weighted by Crippen LogP contribution is 2.02. The predicted octanol–water partition coefficient (Wildman–Crippen LogP) is 0.523. The van der Waals surface area contributed by atoms with Crippen molar-refractivity contribution in [2.24, 2.45) is 18.7 Å². The van der Waals surface area contributed by atoms with Crippen molar-refractivity contribution in [3.63, 3.8) is 0 Å². The fourth-order valence-corrected chi connectivity index (χ4v) is 1.55. The molecule has 0 aliphatic rings. The van der Waals surface area contributed by atoms with Gasteiger partial charge in [0.2, 0.25) is 0 Å². The molecule has 1 amide bonds. The van der Waals surface area contributed by atoms with E-state index in [9.17, 15) is 4.79 Å². The fourth-order valence-electron chi connectivity index (χ4n) is 1.55. The molecule has 0 aliphatic heterocycles.